The molecule has 0 aliphatic rings. The highest BCUT2D eigenvalue weighted by molar-refractivity contribution is 5.67. The summed E-state index contributed by atoms with van der Waals surface area (Å²) in [5.74, 6) is 0. The fourth-order valence-corrected chi connectivity index (χ4v) is 2.30. The van der Waals surface area contributed by atoms with E-state index in [1.807, 2.05) is 34.9 Å². The number of carbonyl (C=O) groups excluding carboxylic acids is 1. The van der Waals surface area contributed by atoms with Crippen LogP contribution in [0.25, 0.3) is 0 Å². The Labute approximate surface area is 212 Å². The average Bonchev–Trinajstić information content (AvgIpc) is 2.78. The Bertz CT molecular complexity index is 476. The summed E-state index contributed by atoms with van der Waals surface area (Å²) in [7, 11) is 5.72. The third kappa shape index (κ3) is 27.4. The van der Waals surface area contributed by atoms with E-state index in [-0.39, 0.29) is 6.09 Å². The summed E-state index contributed by atoms with van der Waals surface area (Å²) in [5.41, 5.74) is -0.500. The Balaban J connectivity index is 3.19. The van der Waals surface area contributed by atoms with Crippen molar-refractivity contribution in [2.75, 3.05) is 127 Å². The molecule has 0 aromatic rings. The molecular formula is C24H50N2O9. The van der Waals surface area contributed by atoms with E-state index >= 15 is 0 Å². The first kappa shape index (κ1) is 34.0. The number of carbonyl (C=O) groups is 1. The predicted octanol–water partition coefficient (Wildman–Crippen LogP) is 1.53. The summed E-state index contributed by atoms with van der Waals surface area (Å²) in [6, 6.07) is 0. The molecule has 0 radical (unpaired) electrons. The lowest BCUT2D eigenvalue weighted by Crippen LogP contribution is -2.36. The van der Waals surface area contributed by atoms with E-state index in [1.54, 1.807) is 7.05 Å². The van der Waals surface area contributed by atoms with Crippen molar-refractivity contribution < 1.29 is 42.7 Å². The molecule has 0 spiro atoms. The van der Waals surface area contributed by atoms with Crippen molar-refractivity contribution in [1.29, 1.82) is 0 Å². The number of rotatable bonds is 24. The summed E-state index contributed by atoms with van der Waals surface area (Å²) >= 11 is 0. The highest BCUT2D eigenvalue weighted by Gasteiger charge is 2.19. The minimum Gasteiger partial charge on any atom is -0.444 e. The SMILES string of the molecule is CN(C)CCOCCOCCOCCOCCOCCOCCOCCN(C)C(=O)OC(C)(C)C. The van der Waals surface area contributed by atoms with Crippen LogP contribution < -0.4 is 0 Å². The molecule has 11 nitrogen and oxygen atoms in total. The van der Waals surface area contributed by atoms with Crippen LogP contribution in [0, 0.1) is 0 Å². The minimum atomic E-state index is -0.500. The van der Waals surface area contributed by atoms with Gasteiger partial charge >= 0.3 is 6.09 Å². The lowest BCUT2D eigenvalue weighted by Gasteiger charge is -2.24. The maximum absolute atomic E-state index is 11.8. The quantitative estimate of drug-likeness (QED) is 0.178. The zero-order chi connectivity index (χ0) is 26.2. The smallest absolute Gasteiger partial charge is 0.410 e. The topological polar surface area (TPSA) is 97.4 Å². The summed E-state index contributed by atoms with van der Waals surface area (Å²) in [6.07, 6.45) is -0.357. The Morgan fingerprint density at radius 3 is 1.09 bits per heavy atom. The van der Waals surface area contributed by atoms with Crippen molar-refractivity contribution in [3.05, 3.63) is 0 Å². The number of nitrogens with zero attached hydrogens (tertiary/aromatic N) is 2. The number of amides is 1. The van der Waals surface area contributed by atoms with Gasteiger partial charge in [0.1, 0.15) is 5.60 Å². The first-order chi connectivity index (χ1) is 16.7. The predicted molar refractivity (Wildman–Crippen MR) is 133 cm³/mol. The largest absolute Gasteiger partial charge is 0.444 e. The lowest BCUT2D eigenvalue weighted by molar-refractivity contribution is -0.0215. The highest BCUT2D eigenvalue weighted by atomic mass is 16.6. The second-order valence-electron chi connectivity index (χ2n) is 8.99. The van der Waals surface area contributed by atoms with Gasteiger partial charge in [0.15, 0.2) is 0 Å². The maximum Gasteiger partial charge on any atom is 0.410 e. The maximum atomic E-state index is 11.8. The molecule has 0 rings (SSSR count). The first-order valence-corrected chi connectivity index (χ1v) is 12.4. The third-order valence-electron chi connectivity index (χ3n) is 4.19. The van der Waals surface area contributed by atoms with Gasteiger partial charge in [-0.25, -0.2) is 4.79 Å². The molecule has 0 atom stereocenters. The van der Waals surface area contributed by atoms with Gasteiger partial charge in [0, 0.05) is 20.1 Å². The molecule has 0 aliphatic heterocycles. The van der Waals surface area contributed by atoms with Gasteiger partial charge in [-0.1, -0.05) is 0 Å². The summed E-state index contributed by atoms with van der Waals surface area (Å²) in [4.78, 5) is 15.4. The van der Waals surface area contributed by atoms with Crippen molar-refractivity contribution in [2.24, 2.45) is 0 Å². The first-order valence-electron chi connectivity index (χ1n) is 12.4. The van der Waals surface area contributed by atoms with Crippen LogP contribution in [0.2, 0.25) is 0 Å². The van der Waals surface area contributed by atoms with E-state index in [2.05, 4.69) is 4.90 Å². The van der Waals surface area contributed by atoms with Gasteiger partial charge in [0.2, 0.25) is 0 Å². The Hall–Kier alpha value is -1.05. The van der Waals surface area contributed by atoms with Crippen molar-refractivity contribution in [1.82, 2.24) is 9.80 Å². The average molecular weight is 511 g/mol. The Kier molecular flexibility index (Phi) is 22.7. The number of hydrogen-bond acceptors (Lipinski definition) is 10. The molecule has 0 aromatic heterocycles. The molecule has 210 valence electrons. The molecule has 35 heavy (non-hydrogen) atoms. The molecule has 0 saturated carbocycles. The second-order valence-corrected chi connectivity index (χ2v) is 8.99. The van der Waals surface area contributed by atoms with Gasteiger partial charge in [0.25, 0.3) is 0 Å². The van der Waals surface area contributed by atoms with E-state index < -0.39 is 5.60 Å². The van der Waals surface area contributed by atoms with E-state index in [1.165, 1.54) is 4.90 Å². The summed E-state index contributed by atoms with van der Waals surface area (Å²) in [5, 5.41) is 0. The molecule has 1 amide bonds. The minimum absolute atomic E-state index is 0.357. The van der Waals surface area contributed by atoms with Gasteiger partial charge in [0.05, 0.1) is 92.5 Å². The zero-order valence-electron chi connectivity index (χ0n) is 22.9. The third-order valence-corrected chi connectivity index (χ3v) is 4.19. The van der Waals surface area contributed by atoms with Crippen LogP contribution in [-0.4, -0.2) is 148 Å². The van der Waals surface area contributed by atoms with Crippen molar-refractivity contribution >= 4 is 6.09 Å². The van der Waals surface area contributed by atoms with Gasteiger partial charge < -0.3 is 47.7 Å². The molecule has 0 N–H and O–H groups in total. The Morgan fingerprint density at radius 2 is 0.800 bits per heavy atom. The number of hydrogen-bond donors (Lipinski definition) is 0. The van der Waals surface area contributed by atoms with Crippen LogP contribution in [0.3, 0.4) is 0 Å². The standard InChI is InChI=1S/C24H50N2O9/c1-24(2,3)35-23(27)26(6)8-10-29-12-14-31-16-18-33-20-22-34-21-19-32-17-15-30-13-11-28-9-7-25(4)5/h7-22H2,1-6H3. The monoisotopic (exact) mass is 510 g/mol. The van der Waals surface area contributed by atoms with Crippen molar-refractivity contribution in [3.63, 3.8) is 0 Å². The van der Waals surface area contributed by atoms with Crippen LogP contribution in [0.15, 0.2) is 0 Å². The molecule has 0 unspecified atom stereocenters. The van der Waals surface area contributed by atoms with E-state index in [0.717, 1.165) is 6.54 Å². The molecule has 0 fully saturated rings. The lowest BCUT2D eigenvalue weighted by atomic mass is 10.2. The van der Waals surface area contributed by atoms with E-state index in [0.29, 0.717) is 99.0 Å². The van der Waals surface area contributed by atoms with Gasteiger partial charge in [-0.15, -0.1) is 0 Å². The highest BCUT2D eigenvalue weighted by Crippen LogP contribution is 2.08. The Morgan fingerprint density at radius 1 is 0.514 bits per heavy atom. The van der Waals surface area contributed by atoms with Crippen LogP contribution in [0.5, 0.6) is 0 Å². The summed E-state index contributed by atoms with van der Waals surface area (Å²) in [6.45, 7) is 14.3. The molecule has 11 heteroatoms. The van der Waals surface area contributed by atoms with Gasteiger partial charge in [-0.3, -0.25) is 0 Å². The van der Waals surface area contributed by atoms with Crippen molar-refractivity contribution in [2.45, 2.75) is 26.4 Å². The molecular weight excluding hydrogens is 460 g/mol. The molecule has 0 aromatic carbocycles. The van der Waals surface area contributed by atoms with E-state index in [9.17, 15) is 4.79 Å². The fourth-order valence-electron chi connectivity index (χ4n) is 2.30. The zero-order valence-corrected chi connectivity index (χ0v) is 22.9. The van der Waals surface area contributed by atoms with Crippen LogP contribution in [0.1, 0.15) is 20.8 Å². The number of ether oxygens (including phenoxy) is 8. The van der Waals surface area contributed by atoms with E-state index in [4.69, 9.17) is 37.9 Å². The van der Waals surface area contributed by atoms with Gasteiger partial charge in [-0.05, 0) is 34.9 Å². The van der Waals surface area contributed by atoms with Crippen LogP contribution in [-0.2, 0) is 37.9 Å². The summed E-state index contributed by atoms with van der Waals surface area (Å²) < 4.78 is 43.4. The fraction of sp³-hybridized carbons (Fsp3) is 0.958. The van der Waals surface area contributed by atoms with Crippen molar-refractivity contribution in [3.8, 4) is 0 Å². The normalized spacial score (nSPS) is 11.9. The molecule has 0 bridgehead atoms. The van der Waals surface area contributed by atoms with Crippen LogP contribution in [0.4, 0.5) is 4.79 Å². The van der Waals surface area contributed by atoms with Crippen LogP contribution >= 0.6 is 0 Å². The molecule has 0 heterocycles. The number of likely N-dealkylation sites (N-methyl/N-ethyl adjacent to an activating group) is 2. The molecule has 0 saturated heterocycles. The molecule has 0 aliphatic carbocycles. The van der Waals surface area contributed by atoms with Gasteiger partial charge in [-0.2, -0.15) is 0 Å². The second kappa shape index (κ2) is 23.4.